The molecule has 2 aromatic carbocycles. The van der Waals surface area contributed by atoms with Crippen LogP contribution in [0.2, 0.25) is 0 Å². The number of hydrogen-bond acceptors (Lipinski definition) is 4. The molecule has 0 amide bonds. The predicted molar refractivity (Wildman–Crippen MR) is 149 cm³/mol. The van der Waals surface area contributed by atoms with Gasteiger partial charge in [0.2, 0.25) is 5.90 Å². The van der Waals surface area contributed by atoms with Crippen molar-refractivity contribution in [3.8, 4) is 0 Å². The van der Waals surface area contributed by atoms with Gasteiger partial charge < -0.3 is 4.84 Å². The van der Waals surface area contributed by atoms with E-state index in [-0.39, 0.29) is 0 Å². The summed E-state index contributed by atoms with van der Waals surface area (Å²) in [6.07, 6.45) is 0. The van der Waals surface area contributed by atoms with E-state index in [9.17, 15) is 0 Å². The molecule has 0 aliphatic rings. The maximum atomic E-state index is 5.75. The Morgan fingerprint density at radius 3 is 1.26 bits per heavy atom. The van der Waals surface area contributed by atoms with Crippen molar-refractivity contribution in [2.75, 3.05) is 0 Å². The van der Waals surface area contributed by atoms with Crippen molar-refractivity contribution in [1.82, 2.24) is 0 Å². The molecule has 0 aliphatic carbocycles. The maximum absolute atomic E-state index is 5.75. The molecular weight excluding hydrogens is 418 g/mol. The third kappa shape index (κ3) is 6.88. The summed E-state index contributed by atoms with van der Waals surface area (Å²) >= 11 is 0. The quantitative estimate of drug-likeness (QED) is 0.219. The van der Waals surface area contributed by atoms with Gasteiger partial charge in [-0.05, 0) is 59.8 Å². The van der Waals surface area contributed by atoms with E-state index in [1.807, 2.05) is 20.8 Å². The van der Waals surface area contributed by atoms with Crippen LogP contribution in [0.5, 0.6) is 0 Å². The topological polar surface area (TPSA) is 46.3 Å². The average Bonchev–Trinajstić information content (AvgIpc) is 2.76. The first-order valence-electron chi connectivity index (χ1n) is 12.5. The lowest BCUT2D eigenvalue weighted by Crippen LogP contribution is -2.08. The van der Waals surface area contributed by atoms with Crippen molar-refractivity contribution in [3.63, 3.8) is 0 Å². The van der Waals surface area contributed by atoms with Crippen LogP contribution < -0.4 is 0 Å². The van der Waals surface area contributed by atoms with E-state index in [2.05, 4.69) is 96.9 Å². The highest BCUT2D eigenvalue weighted by atomic mass is 16.6. The Labute approximate surface area is 207 Å². The van der Waals surface area contributed by atoms with Crippen LogP contribution in [0.1, 0.15) is 122 Å². The Morgan fingerprint density at radius 1 is 0.559 bits per heavy atom. The van der Waals surface area contributed by atoms with Gasteiger partial charge >= 0.3 is 0 Å². The molecular formula is C30H43N3O. The van der Waals surface area contributed by atoms with Crippen LogP contribution in [0, 0.1) is 0 Å². The summed E-state index contributed by atoms with van der Waals surface area (Å²) in [5.41, 5.74) is 8.58. The fourth-order valence-corrected chi connectivity index (χ4v) is 3.91. The second-order valence-corrected chi connectivity index (χ2v) is 10.3. The zero-order chi connectivity index (χ0) is 25.6. The second kappa shape index (κ2) is 12.1. The van der Waals surface area contributed by atoms with Gasteiger partial charge in [-0.15, -0.1) is 0 Å². The van der Waals surface area contributed by atoms with Gasteiger partial charge in [-0.3, -0.25) is 4.99 Å². The maximum Gasteiger partial charge on any atom is 0.222 e. The number of nitrogens with zero attached hydrogens (tertiary/aromatic N) is 3. The van der Waals surface area contributed by atoms with E-state index in [0.717, 1.165) is 22.8 Å². The van der Waals surface area contributed by atoms with Crippen molar-refractivity contribution in [2.24, 2.45) is 15.1 Å². The van der Waals surface area contributed by atoms with Crippen LogP contribution in [0.4, 0.5) is 11.4 Å². The third-order valence-electron chi connectivity index (χ3n) is 6.07. The summed E-state index contributed by atoms with van der Waals surface area (Å²) in [5.74, 6) is 2.06. The molecule has 0 fully saturated rings. The molecule has 34 heavy (non-hydrogen) atoms. The molecule has 2 rings (SSSR count). The smallest absolute Gasteiger partial charge is 0.222 e. The van der Waals surface area contributed by atoms with E-state index >= 15 is 0 Å². The molecule has 0 aliphatic heterocycles. The molecule has 184 valence electrons. The molecule has 0 spiro atoms. The lowest BCUT2D eigenvalue weighted by Gasteiger charge is -2.17. The standard InChI is InChI=1S/C30H43N3O/c1-18(2)25-14-12-15-26(19(3)4)29(25)31-22(9)23(10)33-34-24(11)32-30-27(20(5)6)16-13-17-28(30)21(7)8/h12-21H,1-11H3/b31-22?,32-24?,33-23+. The Morgan fingerprint density at radius 2 is 0.912 bits per heavy atom. The van der Waals surface area contributed by atoms with Crippen molar-refractivity contribution >= 4 is 28.7 Å². The van der Waals surface area contributed by atoms with Gasteiger partial charge in [-0.2, -0.15) is 0 Å². The van der Waals surface area contributed by atoms with Gasteiger partial charge in [0, 0.05) is 6.92 Å². The SMILES string of the molecule is CC(=Nc1c(C(C)C)cccc1C(C)C)O/N=C(\C)C(C)=Nc1c(C(C)C)cccc1C(C)C. The highest BCUT2D eigenvalue weighted by molar-refractivity contribution is 6.41. The van der Waals surface area contributed by atoms with E-state index < -0.39 is 0 Å². The largest absolute Gasteiger partial charge is 0.341 e. The molecule has 0 bridgehead atoms. The van der Waals surface area contributed by atoms with Crippen molar-refractivity contribution in [1.29, 1.82) is 0 Å². The number of benzene rings is 2. The van der Waals surface area contributed by atoms with Crippen LogP contribution in [0.25, 0.3) is 0 Å². The Kier molecular flexibility index (Phi) is 9.78. The molecule has 0 atom stereocenters. The minimum Gasteiger partial charge on any atom is -0.341 e. The minimum absolute atomic E-state index is 0.376. The number of hydrogen-bond donors (Lipinski definition) is 0. The highest BCUT2D eigenvalue weighted by Gasteiger charge is 2.15. The van der Waals surface area contributed by atoms with Gasteiger partial charge in [-0.25, -0.2) is 4.99 Å². The van der Waals surface area contributed by atoms with Crippen LogP contribution in [0.15, 0.2) is 51.5 Å². The van der Waals surface area contributed by atoms with Crippen LogP contribution in [-0.4, -0.2) is 17.3 Å². The Bertz CT molecular complexity index is 1020. The summed E-state index contributed by atoms with van der Waals surface area (Å²) in [7, 11) is 0. The zero-order valence-corrected chi connectivity index (χ0v) is 23.0. The first-order chi connectivity index (χ1) is 15.9. The normalized spacial score (nSPS) is 13.6. The van der Waals surface area contributed by atoms with Crippen molar-refractivity contribution < 1.29 is 4.84 Å². The first kappa shape index (κ1) is 27.5. The number of aliphatic imine (C=N–C) groups is 2. The molecule has 0 saturated heterocycles. The second-order valence-electron chi connectivity index (χ2n) is 10.3. The molecule has 4 heteroatoms. The lowest BCUT2D eigenvalue weighted by molar-refractivity contribution is 0.326. The van der Waals surface area contributed by atoms with E-state index in [0.29, 0.717) is 29.6 Å². The Balaban J connectivity index is 2.39. The van der Waals surface area contributed by atoms with Crippen LogP contribution in [-0.2, 0) is 4.84 Å². The molecule has 0 N–H and O–H groups in total. The molecule has 0 radical (unpaired) electrons. The Hall–Kier alpha value is -2.75. The minimum atomic E-state index is 0.376. The van der Waals surface area contributed by atoms with Gasteiger partial charge in [-0.1, -0.05) is 96.9 Å². The number of rotatable bonds is 8. The molecule has 0 saturated carbocycles. The summed E-state index contributed by atoms with van der Waals surface area (Å²) in [5, 5.41) is 4.37. The summed E-state index contributed by atoms with van der Waals surface area (Å²) in [6, 6.07) is 12.9. The summed E-state index contributed by atoms with van der Waals surface area (Å²) < 4.78 is 0. The molecule has 0 aromatic heterocycles. The van der Waals surface area contributed by atoms with Gasteiger partial charge in [0.05, 0.1) is 22.8 Å². The van der Waals surface area contributed by atoms with Gasteiger partial charge in [0.15, 0.2) is 0 Å². The monoisotopic (exact) mass is 461 g/mol. The average molecular weight is 462 g/mol. The van der Waals surface area contributed by atoms with Gasteiger partial charge in [0.1, 0.15) is 0 Å². The van der Waals surface area contributed by atoms with Crippen molar-refractivity contribution in [3.05, 3.63) is 58.7 Å². The molecule has 4 nitrogen and oxygen atoms in total. The van der Waals surface area contributed by atoms with Gasteiger partial charge in [0.25, 0.3) is 0 Å². The highest BCUT2D eigenvalue weighted by Crippen LogP contribution is 2.36. The zero-order valence-electron chi connectivity index (χ0n) is 23.0. The predicted octanol–water partition coefficient (Wildman–Crippen LogP) is 9.42. The first-order valence-corrected chi connectivity index (χ1v) is 12.5. The fourth-order valence-electron chi connectivity index (χ4n) is 3.91. The molecule has 0 unspecified atom stereocenters. The number of oxime groups is 1. The molecule has 0 heterocycles. The van der Waals surface area contributed by atoms with Crippen LogP contribution in [0.3, 0.4) is 0 Å². The van der Waals surface area contributed by atoms with E-state index in [1.165, 1.54) is 22.3 Å². The van der Waals surface area contributed by atoms with Crippen LogP contribution >= 0.6 is 0 Å². The van der Waals surface area contributed by atoms with E-state index in [4.69, 9.17) is 14.8 Å². The lowest BCUT2D eigenvalue weighted by atomic mass is 9.93. The third-order valence-corrected chi connectivity index (χ3v) is 6.07. The summed E-state index contributed by atoms with van der Waals surface area (Å²) in [6.45, 7) is 23.4. The summed E-state index contributed by atoms with van der Waals surface area (Å²) in [4.78, 5) is 15.6. The van der Waals surface area contributed by atoms with E-state index in [1.54, 1.807) is 0 Å². The fraction of sp³-hybridized carbons (Fsp3) is 0.500. The number of para-hydroxylation sites is 2. The molecule has 2 aromatic rings. The van der Waals surface area contributed by atoms with Crippen molar-refractivity contribution in [2.45, 2.75) is 99.8 Å².